The van der Waals surface area contributed by atoms with Crippen molar-refractivity contribution in [3.8, 4) is 0 Å². The van der Waals surface area contributed by atoms with Crippen LogP contribution < -0.4 is 0 Å². The van der Waals surface area contributed by atoms with Gasteiger partial charge in [-0.15, -0.1) is 0 Å². The number of aromatic nitrogens is 2. The van der Waals surface area contributed by atoms with Gasteiger partial charge in [-0.2, -0.15) is 5.10 Å². The van der Waals surface area contributed by atoms with E-state index in [1.54, 1.807) is 6.20 Å². The second-order valence-electron chi connectivity index (χ2n) is 6.72. The number of hydrogen-bond donors (Lipinski definition) is 1. The van der Waals surface area contributed by atoms with Crippen LogP contribution in [0.25, 0.3) is 0 Å². The molecule has 0 amide bonds. The van der Waals surface area contributed by atoms with Gasteiger partial charge in [0.15, 0.2) is 0 Å². The van der Waals surface area contributed by atoms with Crippen LogP contribution in [0.3, 0.4) is 0 Å². The molecule has 1 rings (SSSR count). The maximum atomic E-state index is 10.5. The summed E-state index contributed by atoms with van der Waals surface area (Å²) in [4.78, 5) is 0. The lowest BCUT2D eigenvalue weighted by molar-refractivity contribution is 0.124. The monoisotopic (exact) mass is 330 g/mol. The number of halogens is 1. The van der Waals surface area contributed by atoms with Crippen LogP contribution >= 0.6 is 15.9 Å². The zero-order valence-corrected chi connectivity index (χ0v) is 14.4. The molecule has 0 radical (unpaired) electrons. The summed E-state index contributed by atoms with van der Waals surface area (Å²) in [5.74, 6) is 0.492. The largest absolute Gasteiger partial charge is 0.387 e. The molecule has 110 valence electrons. The first-order chi connectivity index (χ1) is 8.74. The van der Waals surface area contributed by atoms with Crippen LogP contribution in [0.5, 0.6) is 0 Å². The highest BCUT2D eigenvalue weighted by Crippen LogP contribution is 2.32. The summed E-state index contributed by atoms with van der Waals surface area (Å²) in [5.41, 5.74) is 1.22. The maximum Gasteiger partial charge on any atom is 0.0970 e. The van der Waals surface area contributed by atoms with Crippen molar-refractivity contribution in [1.82, 2.24) is 9.78 Å². The normalized spacial score (nSPS) is 15.5. The van der Waals surface area contributed by atoms with E-state index in [9.17, 15) is 5.11 Å². The van der Waals surface area contributed by atoms with E-state index in [-0.39, 0.29) is 0 Å². The predicted octanol–water partition coefficient (Wildman–Crippen LogP) is 4.55. The van der Waals surface area contributed by atoms with Gasteiger partial charge >= 0.3 is 0 Å². The number of nitrogens with zero attached hydrogens (tertiary/aromatic N) is 2. The van der Waals surface area contributed by atoms with Gasteiger partial charge < -0.3 is 5.11 Å². The van der Waals surface area contributed by atoms with Gasteiger partial charge in [-0.1, -0.05) is 34.6 Å². The van der Waals surface area contributed by atoms with Crippen molar-refractivity contribution in [3.63, 3.8) is 0 Å². The summed E-state index contributed by atoms with van der Waals surface area (Å²) >= 11 is 3.50. The summed E-state index contributed by atoms with van der Waals surface area (Å²) in [6.07, 6.45) is 4.25. The molecule has 4 heteroatoms. The third kappa shape index (κ3) is 5.27. The summed E-state index contributed by atoms with van der Waals surface area (Å²) in [5, 5.41) is 14.8. The Morgan fingerprint density at radius 3 is 2.58 bits per heavy atom. The van der Waals surface area contributed by atoms with Crippen LogP contribution in [0, 0.1) is 11.3 Å². The van der Waals surface area contributed by atoms with Gasteiger partial charge in [0.25, 0.3) is 0 Å². The molecule has 0 saturated heterocycles. The van der Waals surface area contributed by atoms with Gasteiger partial charge in [0.2, 0.25) is 0 Å². The molecule has 19 heavy (non-hydrogen) atoms. The van der Waals surface area contributed by atoms with Crippen molar-refractivity contribution in [2.75, 3.05) is 0 Å². The summed E-state index contributed by atoms with van der Waals surface area (Å²) in [6.45, 7) is 11.9. The van der Waals surface area contributed by atoms with Crippen molar-refractivity contribution in [2.24, 2.45) is 11.3 Å². The molecular formula is C15H27BrN2O. The fraction of sp³-hybridized carbons (Fsp3) is 0.800. The van der Waals surface area contributed by atoms with E-state index in [1.807, 2.05) is 4.68 Å². The lowest BCUT2D eigenvalue weighted by Crippen LogP contribution is -2.16. The van der Waals surface area contributed by atoms with Crippen LogP contribution in [-0.4, -0.2) is 14.9 Å². The molecule has 0 aliphatic rings. The molecule has 1 aromatic heterocycles. The topological polar surface area (TPSA) is 38.0 Å². The van der Waals surface area contributed by atoms with Gasteiger partial charge in [-0.3, -0.25) is 4.68 Å². The SMILES string of the molecule is CCCn1ncc(Br)c1C(O)CC(C)CC(C)(C)C. The molecule has 0 saturated carbocycles. The van der Waals surface area contributed by atoms with Crippen molar-refractivity contribution >= 4 is 15.9 Å². The lowest BCUT2D eigenvalue weighted by atomic mass is 9.83. The Hall–Kier alpha value is -0.350. The van der Waals surface area contributed by atoms with Crippen LogP contribution in [0.1, 0.15) is 65.7 Å². The third-order valence-corrected chi connectivity index (χ3v) is 3.78. The third-order valence-electron chi connectivity index (χ3n) is 3.17. The Bertz CT molecular complexity index is 395. The smallest absolute Gasteiger partial charge is 0.0970 e. The second kappa shape index (κ2) is 6.89. The average Bonchev–Trinajstić information content (AvgIpc) is 2.57. The van der Waals surface area contributed by atoms with Gasteiger partial charge in [-0.05, 0) is 46.5 Å². The zero-order chi connectivity index (χ0) is 14.6. The minimum Gasteiger partial charge on any atom is -0.387 e. The maximum absolute atomic E-state index is 10.5. The van der Waals surface area contributed by atoms with Gasteiger partial charge in [0, 0.05) is 6.54 Å². The molecule has 1 aromatic rings. The highest BCUT2D eigenvalue weighted by molar-refractivity contribution is 9.10. The molecule has 0 aliphatic carbocycles. The van der Waals surface area contributed by atoms with Gasteiger partial charge in [0.05, 0.1) is 22.5 Å². The van der Waals surface area contributed by atoms with Crippen LogP contribution in [0.2, 0.25) is 0 Å². The molecule has 0 aliphatic heterocycles. The number of aryl methyl sites for hydroxylation is 1. The number of aliphatic hydroxyl groups is 1. The molecule has 2 atom stereocenters. The molecular weight excluding hydrogens is 304 g/mol. The number of aliphatic hydroxyl groups excluding tert-OH is 1. The molecule has 2 unspecified atom stereocenters. The first-order valence-electron chi connectivity index (χ1n) is 7.14. The quantitative estimate of drug-likeness (QED) is 0.830. The van der Waals surface area contributed by atoms with Crippen LogP contribution in [0.4, 0.5) is 0 Å². The van der Waals surface area contributed by atoms with E-state index < -0.39 is 6.10 Å². The van der Waals surface area contributed by atoms with Crippen LogP contribution in [-0.2, 0) is 6.54 Å². The van der Waals surface area contributed by atoms with Gasteiger partial charge in [0.1, 0.15) is 0 Å². The molecule has 0 spiro atoms. The number of rotatable bonds is 6. The second-order valence-corrected chi connectivity index (χ2v) is 7.58. The van der Waals surface area contributed by atoms with E-state index in [1.165, 1.54) is 0 Å². The minimum absolute atomic E-state index is 0.306. The van der Waals surface area contributed by atoms with Crippen molar-refractivity contribution in [1.29, 1.82) is 0 Å². The lowest BCUT2D eigenvalue weighted by Gasteiger charge is -2.25. The van der Waals surface area contributed by atoms with E-state index in [0.29, 0.717) is 11.3 Å². The van der Waals surface area contributed by atoms with Crippen molar-refractivity contribution < 1.29 is 5.11 Å². The van der Waals surface area contributed by atoms with Crippen molar-refractivity contribution in [2.45, 2.75) is 66.5 Å². The molecule has 0 fully saturated rings. The van der Waals surface area contributed by atoms with Gasteiger partial charge in [-0.25, -0.2) is 0 Å². The Labute approximate surface area is 125 Å². The highest BCUT2D eigenvalue weighted by Gasteiger charge is 2.22. The summed E-state index contributed by atoms with van der Waals surface area (Å²) in [6, 6.07) is 0. The van der Waals surface area contributed by atoms with E-state index in [4.69, 9.17) is 0 Å². The van der Waals surface area contributed by atoms with Crippen molar-refractivity contribution in [3.05, 3.63) is 16.4 Å². The Kier molecular flexibility index (Phi) is 6.06. The molecule has 1 heterocycles. The summed E-state index contributed by atoms with van der Waals surface area (Å²) < 4.78 is 2.83. The fourth-order valence-electron chi connectivity index (χ4n) is 2.71. The van der Waals surface area contributed by atoms with E-state index >= 15 is 0 Å². The Balaban J connectivity index is 2.72. The zero-order valence-electron chi connectivity index (χ0n) is 12.8. The number of hydrogen-bond acceptors (Lipinski definition) is 2. The Morgan fingerprint density at radius 1 is 1.42 bits per heavy atom. The molecule has 3 nitrogen and oxygen atoms in total. The first kappa shape index (κ1) is 16.7. The first-order valence-corrected chi connectivity index (χ1v) is 7.93. The van der Waals surface area contributed by atoms with Crippen LogP contribution in [0.15, 0.2) is 10.7 Å². The fourth-order valence-corrected chi connectivity index (χ4v) is 3.28. The summed E-state index contributed by atoms with van der Waals surface area (Å²) in [7, 11) is 0. The highest BCUT2D eigenvalue weighted by atomic mass is 79.9. The predicted molar refractivity (Wildman–Crippen MR) is 83.0 cm³/mol. The molecule has 1 N–H and O–H groups in total. The molecule has 0 aromatic carbocycles. The molecule has 0 bridgehead atoms. The minimum atomic E-state index is -0.444. The average molecular weight is 331 g/mol. The Morgan fingerprint density at radius 2 is 2.05 bits per heavy atom. The standard InChI is InChI=1S/C15H27BrN2O/c1-6-7-18-14(12(16)10-17-18)13(19)8-11(2)9-15(3,4)5/h10-11,13,19H,6-9H2,1-5H3. The van der Waals surface area contributed by atoms with E-state index in [0.717, 1.165) is 36.0 Å². The van der Waals surface area contributed by atoms with E-state index in [2.05, 4.69) is 55.6 Å².